The van der Waals surface area contributed by atoms with E-state index in [0.717, 1.165) is 38.4 Å². The summed E-state index contributed by atoms with van der Waals surface area (Å²) in [5, 5.41) is 8.72. The van der Waals surface area contributed by atoms with Crippen molar-refractivity contribution in [3.8, 4) is 0 Å². The zero-order chi connectivity index (χ0) is 26.3. The number of nitrogens with one attached hydrogen (secondary N) is 1. The van der Waals surface area contributed by atoms with Gasteiger partial charge in [0.2, 0.25) is 5.91 Å². The van der Waals surface area contributed by atoms with Crippen molar-refractivity contribution >= 4 is 28.0 Å². The molecular weight excluding hydrogens is 492 g/mol. The molecule has 1 amide bonds. The van der Waals surface area contributed by atoms with Gasteiger partial charge in [-0.15, -0.1) is 0 Å². The maximum Gasteiger partial charge on any atom is 0.265 e. The van der Waals surface area contributed by atoms with E-state index in [1.54, 1.807) is 6.21 Å². The molecule has 0 unspecified atom stereocenters. The van der Waals surface area contributed by atoms with Crippen LogP contribution in [0.25, 0.3) is 0 Å². The van der Waals surface area contributed by atoms with Crippen LogP contribution in [0.5, 0.6) is 0 Å². The first kappa shape index (κ1) is 26.8. The first-order valence-corrected chi connectivity index (χ1v) is 14.0. The van der Waals surface area contributed by atoms with Gasteiger partial charge in [-0.1, -0.05) is 13.8 Å². The molecule has 2 aliphatic heterocycles. The summed E-state index contributed by atoms with van der Waals surface area (Å²) < 4.78 is 57.7. The highest BCUT2D eigenvalue weighted by Crippen LogP contribution is 2.64. The van der Waals surface area contributed by atoms with Gasteiger partial charge in [-0.2, -0.15) is 13.5 Å². The molecule has 2 aliphatic carbocycles. The molecule has 3 atom stereocenters. The lowest BCUT2D eigenvalue weighted by Crippen LogP contribution is -2.42. The number of carbonyl (C=O) groups is 2. The molecule has 0 spiro atoms. The number of carbonyl (C=O) groups excluding carboxylic acids is 2. The fourth-order valence-corrected chi connectivity index (χ4v) is 7.65. The van der Waals surface area contributed by atoms with Crippen LogP contribution in [0.3, 0.4) is 0 Å². The van der Waals surface area contributed by atoms with Gasteiger partial charge in [-0.05, 0) is 67.8 Å². The van der Waals surface area contributed by atoms with Crippen molar-refractivity contribution in [1.29, 1.82) is 0 Å². The maximum atomic E-state index is 13.4. The lowest BCUT2D eigenvalue weighted by molar-refractivity contribution is -0.138. The number of rotatable bonds is 4. The lowest BCUT2D eigenvalue weighted by atomic mass is 9.70. The number of Topliss-reactive ketones (excluding diaryl/α,β-unsaturated/α-hetero) is 1. The molecule has 5 rings (SSSR count). The number of halogens is 2. The molecule has 2 heterocycles. The fourth-order valence-electron chi connectivity index (χ4n) is 6.35. The molecule has 11 heteroatoms. The molecule has 198 valence electrons. The Bertz CT molecular complexity index is 1150. The molecule has 0 radical (unpaired) electrons. The Morgan fingerprint density at radius 1 is 1.17 bits per heavy atom. The smallest absolute Gasteiger partial charge is 0.265 e. The van der Waals surface area contributed by atoms with Gasteiger partial charge < -0.3 is 5.32 Å². The molecule has 1 aromatic rings. The van der Waals surface area contributed by atoms with Crippen LogP contribution in [-0.2, 0) is 19.7 Å². The molecule has 8 nitrogen and oxygen atoms in total. The molecule has 0 aromatic heterocycles. The van der Waals surface area contributed by atoms with Crippen LogP contribution in [0, 0.1) is 34.3 Å². The summed E-state index contributed by atoms with van der Waals surface area (Å²) in [5.41, 5.74) is -0.669. The largest absolute Gasteiger partial charge is 0.317 e. The van der Waals surface area contributed by atoms with E-state index in [9.17, 15) is 26.8 Å². The van der Waals surface area contributed by atoms with E-state index in [1.807, 2.05) is 13.8 Å². The molecule has 36 heavy (non-hydrogen) atoms. The third-order valence-electron chi connectivity index (χ3n) is 8.58. The molecule has 2 saturated carbocycles. The number of piperidine rings is 1. The van der Waals surface area contributed by atoms with E-state index >= 15 is 0 Å². The third-order valence-corrected chi connectivity index (χ3v) is 9.44. The average Bonchev–Trinajstić information content (AvgIpc) is 3.42. The molecule has 1 saturated heterocycles. The Morgan fingerprint density at radius 3 is 2.33 bits per heavy atom. The fraction of sp³-hybridized carbons (Fsp3) is 0.640. The van der Waals surface area contributed by atoms with Crippen molar-refractivity contribution in [3.05, 3.63) is 35.4 Å². The Morgan fingerprint density at radius 2 is 1.81 bits per heavy atom. The van der Waals surface area contributed by atoms with Crippen LogP contribution in [0.4, 0.5) is 8.78 Å². The van der Waals surface area contributed by atoms with Crippen LogP contribution in [0.15, 0.2) is 23.3 Å². The topological polar surface area (TPSA) is 116 Å². The summed E-state index contributed by atoms with van der Waals surface area (Å²) in [7, 11) is -4.08. The van der Waals surface area contributed by atoms with Gasteiger partial charge >= 0.3 is 0 Å². The molecule has 4 aliphatic rings. The van der Waals surface area contributed by atoms with Crippen LogP contribution >= 0.6 is 0 Å². The second-order valence-corrected chi connectivity index (χ2v) is 12.3. The van der Waals surface area contributed by atoms with Gasteiger partial charge in [0.25, 0.3) is 10.1 Å². The first-order chi connectivity index (χ1) is 16.8. The summed E-state index contributed by atoms with van der Waals surface area (Å²) >= 11 is 0. The molecule has 1 aromatic carbocycles. The standard InChI is InChI=1S/C15H17F2N3O.C10H16O4S/c16-12-7-11(8-13(17)9-12)14-3-6-19-20(14)15(21)10-1-4-18-5-2-10;1-9(2)7-3-4-10(9,8(11)5-7)6-15(12,13)14/h6-10,14,18H,1-5H2;7H,3-6H2,1-2H3,(H,12,13,14)/t14-;7-,10-/m10/s1. The van der Waals surface area contributed by atoms with E-state index in [2.05, 4.69) is 10.4 Å². The molecule has 2 N–H and O–H groups in total. The number of hydrogen-bond acceptors (Lipinski definition) is 6. The van der Waals surface area contributed by atoms with Crippen molar-refractivity contribution in [1.82, 2.24) is 10.3 Å². The SMILES string of the molecule is CC1(C)[C@H]2CC[C@]1(CS(=O)(=O)O)C(=O)C2.O=C(C1CCNCC1)N1N=CC[C@@H]1c1cc(F)cc(F)c1. The van der Waals surface area contributed by atoms with Crippen molar-refractivity contribution in [3.63, 3.8) is 0 Å². The van der Waals surface area contributed by atoms with Crippen molar-refractivity contribution in [2.24, 2.45) is 27.8 Å². The minimum Gasteiger partial charge on any atom is -0.317 e. The zero-order valence-corrected chi connectivity index (χ0v) is 21.4. The van der Waals surface area contributed by atoms with E-state index in [1.165, 1.54) is 17.1 Å². The van der Waals surface area contributed by atoms with E-state index < -0.39 is 39.0 Å². The maximum absolute atomic E-state index is 13.4. The second-order valence-electron chi connectivity index (χ2n) is 10.9. The second kappa shape index (κ2) is 9.90. The van der Waals surface area contributed by atoms with Crippen molar-refractivity contribution < 1.29 is 31.3 Å². The highest BCUT2D eigenvalue weighted by molar-refractivity contribution is 7.85. The number of ketones is 1. The summed E-state index contributed by atoms with van der Waals surface area (Å²) in [5.74, 6) is -1.49. The predicted molar refractivity (Wildman–Crippen MR) is 130 cm³/mol. The Balaban J connectivity index is 0.000000179. The lowest BCUT2D eigenvalue weighted by Gasteiger charge is -2.35. The highest BCUT2D eigenvalue weighted by Gasteiger charge is 2.65. The average molecular weight is 526 g/mol. The summed E-state index contributed by atoms with van der Waals surface area (Å²) in [6.07, 6.45) is 5.64. The van der Waals surface area contributed by atoms with Crippen LogP contribution in [0.1, 0.15) is 64.0 Å². The van der Waals surface area contributed by atoms with Crippen molar-refractivity contribution in [2.45, 2.75) is 58.4 Å². The van der Waals surface area contributed by atoms with E-state index in [0.29, 0.717) is 24.8 Å². The predicted octanol–water partition coefficient (Wildman–Crippen LogP) is 3.49. The molecular formula is C25H33F2N3O5S. The van der Waals surface area contributed by atoms with Gasteiger partial charge in [0.1, 0.15) is 17.4 Å². The number of hydrazone groups is 1. The van der Waals surface area contributed by atoms with Crippen molar-refractivity contribution in [2.75, 3.05) is 18.8 Å². The van der Waals surface area contributed by atoms with Gasteiger partial charge in [0.05, 0.1) is 17.2 Å². The Kier molecular flexibility index (Phi) is 7.38. The first-order valence-electron chi connectivity index (χ1n) is 12.3. The van der Waals surface area contributed by atoms with Gasteiger partial charge in [-0.3, -0.25) is 14.1 Å². The monoisotopic (exact) mass is 525 g/mol. The number of nitrogens with zero attached hydrogens (tertiary/aromatic N) is 2. The zero-order valence-electron chi connectivity index (χ0n) is 20.5. The number of hydrogen-bond donors (Lipinski definition) is 2. The minimum absolute atomic E-state index is 0.0152. The quantitative estimate of drug-likeness (QED) is 0.582. The van der Waals surface area contributed by atoms with Crippen LogP contribution < -0.4 is 5.32 Å². The Labute approximate surface area is 210 Å². The number of amides is 1. The minimum atomic E-state index is -4.08. The van der Waals surface area contributed by atoms with Gasteiger partial charge in [0, 0.05) is 31.0 Å². The van der Waals surface area contributed by atoms with Crippen LogP contribution in [-0.4, -0.2) is 54.7 Å². The summed E-state index contributed by atoms with van der Waals surface area (Å²) in [6, 6.07) is 2.96. The van der Waals surface area contributed by atoms with Crippen LogP contribution in [0.2, 0.25) is 0 Å². The normalized spacial score (nSPS) is 29.4. The summed E-state index contributed by atoms with van der Waals surface area (Å²) in [4.78, 5) is 24.4. The molecule has 3 fully saturated rings. The van der Waals surface area contributed by atoms with Gasteiger partial charge in [0.15, 0.2) is 0 Å². The Hall–Kier alpha value is -2.24. The van der Waals surface area contributed by atoms with Gasteiger partial charge in [-0.25, -0.2) is 13.8 Å². The highest BCUT2D eigenvalue weighted by atomic mass is 32.2. The molecule has 2 bridgehead atoms. The van der Waals surface area contributed by atoms with E-state index in [4.69, 9.17) is 4.55 Å². The summed E-state index contributed by atoms with van der Waals surface area (Å²) in [6.45, 7) is 5.52. The third kappa shape index (κ3) is 5.10. The van der Waals surface area contributed by atoms with E-state index in [-0.39, 0.29) is 28.9 Å². The number of benzene rings is 1. The number of fused-ring (bicyclic) bond motifs is 2.